The minimum absolute atomic E-state index is 0.0920. The Kier molecular flexibility index (Phi) is 6.31. The number of carbonyl (C=O) groups excluding carboxylic acids is 1. The molecular weight excluding hydrogens is 388 g/mol. The highest BCUT2D eigenvalue weighted by molar-refractivity contribution is 7.89. The van der Waals surface area contributed by atoms with Crippen molar-refractivity contribution in [2.24, 2.45) is 0 Å². The summed E-state index contributed by atoms with van der Waals surface area (Å²) in [6.07, 6.45) is 0. The molecule has 2 N–H and O–H groups in total. The molecule has 3 aromatic rings. The van der Waals surface area contributed by atoms with Gasteiger partial charge in [-0.15, -0.1) is 4.83 Å². The van der Waals surface area contributed by atoms with Gasteiger partial charge in [-0.05, 0) is 66.9 Å². The molecule has 29 heavy (non-hydrogen) atoms. The van der Waals surface area contributed by atoms with Gasteiger partial charge in [0.15, 0.2) is 0 Å². The predicted octanol–water partition coefficient (Wildman–Crippen LogP) is 3.51. The van der Waals surface area contributed by atoms with Crippen LogP contribution in [0.15, 0.2) is 77.7 Å². The molecule has 0 spiro atoms. The van der Waals surface area contributed by atoms with E-state index in [0.717, 1.165) is 22.4 Å². The van der Waals surface area contributed by atoms with Crippen molar-refractivity contribution in [3.8, 4) is 5.75 Å². The quantitative estimate of drug-likeness (QED) is 0.584. The van der Waals surface area contributed by atoms with Crippen molar-refractivity contribution in [3.05, 3.63) is 95.1 Å². The maximum absolute atomic E-state index is 12.4. The van der Waals surface area contributed by atoms with E-state index in [1.807, 2.05) is 44.2 Å². The summed E-state index contributed by atoms with van der Waals surface area (Å²) in [6.45, 7) is 4.09. The molecule has 7 heteroatoms. The minimum Gasteiger partial charge on any atom is -0.489 e. The number of aryl methyl sites for hydroxylation is 2. The van der Waals surface area contributed by atoms with E-state index >= 15 is 0 Å². The molecule has 3 rings (SSSR count). The molecule has 0 aromatic heterocycles. The number of carbonyl (C=O) groups is 1. The van der Waals surface area contributed by atoms with Crippen LogP contribution in [0.25, 0.3) is 0 Å². The summed E-state index contributed by atoms with van der Waals surface area (Å²) in [7, 11) is -3.85. The van der Waals surface area contributed by atoms with Gasteiger partial charge in [0.05, 0.1) is 4.90 Å². The van der Waals surface area contributed by atoms with Gasteiger partial charge in [0, 0.05) is 5.56 Å². The number of nitrogens with one attached hydrogen (secondary N) is 2. The van der Waals surface area contributed by atoms with Crippen LogP contribution >= 0.6 is 0 Å². The maximum atomic E-state index is 12.4. The summed E-state index contributed by atoms with van der Waals surface area (Å²) in [5.74, 6) is 0.211. The molecule has 150 valence electrons. The molecule has 0 aliphatic rings. The molecule has 0 unspecified atom stereocenters. The average Bonchev–Trinajstić information content (AvgIpc) is 2.73. The minimum atomic E-state index is -3.85. The largest absolute Gasteiger partial charge is 0.489 e. The molecule has 0 fully saturated rings. The number of amides is 1. The molecule has 0 heterocycles. The summed E-state index contributed by atoms with van der Waals surface area (Å²) in [5, 5.41) is 0. The van der Waals surface area contributed by atoms with Gasteiger partial charge in [-0.1, -0.05) is 36.4 Å². The molecule has 0 saturated carbocycles. The Morgan fingerprint density at radius 2 is 1.59 bits per heavy atom. The van der Waals surface area contributed by atoms with Crippen molar-refractivity contribution in [1.82, 2.24) is 10.3 Å². The number of hydrazine groups is 1. The van der Waals surface area contributed by atoms with Gasteiger partial charge < -0.3 is 4.74 Å². The zero-order valence-corrected chi connectivity index (χ0v) is 17.0. The molecular formula is C22H22N2O4S. The summed E-state index contributed by atoms with van der Waals surface area (Å²) in [4.78, 5) is 14.5. The van der Waals surface area contributed by atoms with E-state index in [-0.39, 0.29) is 4.90 Å². The number of hydrogen-bond acceptors (Lipinski definition) is 4. The Balaban J connectivity index is 1.58. The molecule has 0 atom stereocenters. The smallest absolute Gasteiger partial charge is 0.266 e. The fourth-order valence-corrected chi connectivity index (χ4v) is 3.49. The number of sulfonamides is 1. The van der Waals surface area contributed by atoms with Gasteiger partial charge in [0.25, 0.3) is 15.9 Å². The normalized spacial score (nSPS) is 11.1. The standard InChI is InChI=1S/C22H22N2O4S/c1-16-8-13-21(14-17(16)2)29(26,27)24-23-22(25)19-11-9-18(10-12-19)15-28-20-6-4-3-5-7-20/h3-14,24H,15H2,1-2H3,(H,23,25). The fourth-order valence-electron chi connectivity index (χ4n) is 2.56. The van der Waals surface area contributed by atoms with Crippen LogP contribution in [0, 0.1) is 13.8 Å². The van der Waals surface area contributed by atoms with E-state index in [9.17, 15) is 13.2 Å². The van der Waals surface area contributed by atoms with E-state index < -0.39 is 15.9 Å². The Labute approximate surface area is 170 Å². The Morgan fingerprint density at radius 1 is 0.897 bits per heavy atom. The van der Waals surface area contributed by atoms with Gasteiger partial charge in [0.2, 0.25) is 0 Å². The van der Waals surface area contributed by atoms with Gasteiger partial charge in [-0.3, -0.25) is 10.2 Å². The van der Waals surface area contributed by atoms with E-state index in [1.165, 1.54) is 6.07 Å². The molecule has 0 bridgehead atoms. The third-order valence-electron chi connectivity index (χ3n) is 4.45. The topological polar surface area (TPSA) is 84.5 Å². The van der Waals surface area contributed by atoms with Crippen LogP contribution in [-0.4, -0.2) is 14.3 Å². The Hall–Kier alpha value is -3.16. The third kappa shape index (κ3) is 5.43. The molecule has 0 saturated heterocycles. The highest BCUT2D eigenvalue weighted by Crippen LogP contribution is 2.15. The first-order valence-corrected chi connectivity index (χ1v) is 10.5. The maximum Gasteiger partial charge on any atom is 0.266 e. The first-order valence-electron chi connectivity index (χ1n) is 9.01. The van der Waals surface area contributed by atoms with E-state index in [2.05, 4.69) is 10.3 Å². The van der Waals surface area contributed by atoms with Crippen LogP contribution in [0.5, 0.6) is 5.75 Å². The van der Waals surface area contributed by atoms with Crippen molar-refractivity contribution in [2.45, 2.75) is 25.3 Å². The lowest BCUT2D eigenvalue weighted by molar-refractivity contribution is 0.0945. The van der Waals surface area contributed by atoms with Crippen LogP contribution in [0.3, 0.4) is 0 Å². The molecule has 1 amide bonds. The number of ether oxygens (including phenoxy) is 1. The monoisotopic (exact) mass is 410 g/mol. The van der Waals surface area contributed by atoms with Crippen LogP contribution in [-0.2, 0) is 16.6 Å². The molecule has 0 aliphatic carbocycles. The molecule has 6 nitrogen and oxygen atoms in total. The van der Waals surface area contributed by atoms with Crippen LogP contribution in [0.4, 0.5) is 0 Å². The van der Waals surface area contributed by atoms with Crippen molar-refractivity contribution < 1.29 is 17.9 Å². The van der Waals surface area contributed by atoms with E-state index in [1.54, 1.807) is 36.4 Å². The summed E-state index contributed by atoms with van der Waals surface area (Å²) in [6, 6.07) is 21.0. The Bertz CT molecular complexity index is 1100. The van der Waals surface area contributed by atoms with Gasteiger partial charge in [-0.25, -0.2) is 8.42 Å². The highest BCUT2D eigenvalue weighted by atomic mass is 32.2. The summed E-state index contributed by atoms with van der Waals surface area (Å²) in [5.41, 5.74) is 5.31. The van der Waals surface area contributed by atoms with Crippen molar-refractivity contribution in [2.75, 3.05) is 0 Å². The van der Waals surface area contributed by atoms with Crippen LogP contribution < -0.4 is 15.0 Å². The van der Waals surface area contributed by atoms with E-state index in [4.69, 9.17) is 4.74 Å². The van der Waals surface area contributed by atoms with E-state index in [0.29, 0.717) is 12.2 Å². The first kappa shape index (κ1) is 20.6. The average molecular weight is 410 g/mol. The Morgan fingerprint density at radius 3 is 2.24 bits per heavy atom. The first-order chi connectivity index (χ1) is 13.8. The number of benzene rings is 3. The molecule has 3 aromatic carbocycles. The van der Waals surface area contributed by atoms with Crippen molar-refractivity contribution >= 4 is 15.9 Å². The zero-order valence-electron chi connectivity index (χ0n) is 16.2. The second-order valence-electron chi connectivity index (χ2n) is 6.60. The summed E-state index contributed by atoms with van der Waals surface area (Å²) < 4.78 is 30.4. The lowest BCUT2D eigenvalue weighted by Crippen LogP contribution is -2.41. The molecule has 0 aliphatic heterocycles. The molecule has 0 radical (unpaired) electrons. The van der Waals surface area contributed by atoms with Gasteiger partial charge in [-0.2, -0.15) is 0 Å². The lowest BCUT2D eigenvalue weighted by Gasteiger charge is -2.10. The lowest BCUT2D eigenvalue weighted by atomic mass is 10.1. The SMILES string of the molecule is Cc1ccc(S(=O)(=O)NNC(=O)c2ccc(COc3ccccc3)cc2)cc1C. The number of hydrogen-bond donors (Lipinski definition) is 2. The zero-order chi connectivity index (χ0) is 20.9. The number of para-hydroxylation sites is 1. The van der Waals surface area contributed by atoms with Crippen molar-refractivity contribution in [1.29, 1.82) is 0 Å². The van der Waals surface area contributed by atoms with Gasteiger partial charge >= 0.3 is 0 Å². The second-order valence-corrected chi connectivity index (χ2v) is 8.29. The van der Waals surface area contributed by atoms with Crippen LogP contribution in [0.1, 0.15) is 27.0 Å². The summed E-state index contributed by atoms with van der Waals surface area (Å²) >= 11 is 0. The van der Waals surface area contributed by atoms with Gasteiger partial charge in [0.1, 0.15) is 12.4 Å². The van der Waals surface area contributed by atoms with Crippen molar-refractivity contribution in [3.63, 3.8) is 0 Å². The highest BCUT2D eigenvalue weighted by Gasteiger charge is 2.16. The fraction of sp³-hybridized carbons (Fsp3) is 0.136. The predicted molar refractivity (Wildman–Crippen MR) is 111 cm³/mol. The number of rotatable bonds is 7. The second kappa shape index (κ2) is 8.89. The van der Waals surface area contributed by atoms with Crippen LogP contribution in [0.2, 0.25) is 0 Å². The third-order valence-corrected chi connectivity index (χ3v) is 5.70.